The largest absolute Gasteiger partial charge is 0.464 e. The van der Waals surface area contributed by atoms with Crippen molar-refractivity contribution in [2.45, 2.75) is 33.2 Å². The van der Waals surface area contributed by atoms with Crippen molar-refractivity contribution in [2.75, 3.05) is 6.61 Å². The molecule has 0 aromatic rings. The van der Waals surface area contributed by atoms with Crippen molar-refractivity contribution >= 4 is 16.4 Å². The minimum atomic E-state index is -4.14. The maximum Gasteiger partial charge on any atom is 0.423 e. The van der Waals surface area contributed by atoms with Crippen LogP contribution in [0.5, 0.6) is 0 Å². The highest BCUT2D eigenvalue weighted by atomic mass is 32.2. The van der Waals surface area contributed by atoms with Gasteiger partial charge in [-0.15, -0.1) is 0 Å². The van der Waals surface area contributed by atoms with Gasteiger partial charge in [-0.3, -0.25) is 4.18 Å². The van der Waals surface area contributed by atoms with Crippen molar-refractivity contribution in [3.05, 3.63) is 0 Å². The molecule has 0 spiro atoms. The number of carboxylic acid groups (broad SMARTS) is 1. The van der Waals surface area contributed by atoms with Gasteiger partial charge in [0.1, 0.15) is 0 Å². The molecule has 1 rings (SSSR count). The lowest BCUT2D eigenvalue weighted by molar-refractivity contribution is 0.0677. The summed E-state index contributed by atoms with van der Waals surface area (Å²) in [6.07, 6.45) is -1.51. The molecule has 88 valence electrons. The Balaban J connectivity index is 3.30. The second kappa shape index (κ2) is 3.08. The van der Waals surface area contributed by atoms with Crippen LogP contribution in [-0.4, -0.2) is 36.1 Å². The summed E-state index contributed by atoms with van der Waals surface area (Å²) in [5, 5.41) is 8.91. The van der Waals surface area contributed by atoms with Gasteiger partial charge in [-0.1, -0.05) is 20.8 Å². The van der Waals surface area contributed by atoms with Crippen LogP contribution in [0, 0.1) is 5.41 Å². The van der Waals surface area contributed by atoms with Crippen LogP contribution < -0.4 is 0 Å². The van der Waals surface area contributed by atoms with E-state index in [9.17, 15) is 13.2 Å². The molecule has 1 aliphatic rings. The monoisotopic (exact) mass is 237 g/mol. The molecule has 1 atom stereocenters. The quantitative estimate of drug-likeness (QED) is 0.680. The second-order valence-corrected chi connectivity index (χ2v) is 6.25. The summed E-state index contributed by atoms with van der Waals surface area (Å²) in [7, 11) is -4.14. The van der Waals surface area contributed by atoms with Crippen LogP contribution in [0.25, 0.3) is 0 Å². The van der Waals surface area contributed by atoms with E-state index >= 15 is 0 Å². The van der Waals surface area contributed by atoms with Crippen molar-refractivity contribution in [3.63, 3.8) is 0 Å². The van der Waals surface area contributed by atoms with E-state index in [1.165, 1.54) is 0 Å². The molecule has 0 aromatic heterocycles. The highest BCUT2D eigenvalue weighted by Gasteiger charge is 2.57. The number of amides is 1. The van der Waals surface area contributed by atoms with Crippen LogP contribution in [0.15, 0.2) is 0 Å². The van der Waals surface area contributed by atoms with Gasteiger partial charge >= 0.3 is 16.4 Å². The molecule has 7 heteroatoms. The molecule has 1 saturated heterocycles. The Morgan fingerprint density at radius 2 is 1.93 bits per heavy atom. The Hall–Kier alpha value is -0.820. The fraction of sp³-hybridized carbons (Fsp3) is 0.875. The zero-order chi connectivity index (χ0) is 12.1. The van der Waals surface area contributed by atoms with E-state index in [-0.39, 0.29) is 6.61 Å². The summed E-state index contributed by atoms with van der Waals surface area (Å²) < 4.78 is 27.8. The number of nitrogens with zero attached hydrogens (tertiary/aromatic N) is 1. The standard InChI is InChI=1S/C8H15NO5S/c1-7(2,3)8(4)5-14-15(12,13)9(8)6(10)11/h5H2,1-4H3,(H,10,11)/t8-/m1/s1. The normalized spacial score (nSPS) is 30.5. The molecule has 0 aliphatic carbocycles. The average Bonchev–Trinajstić information content (AvgIpc) is 2.21. The molecule has 1 fully saturated rings. The van der Waals surface area contributed by atoms with Gasteiger partial charge in [0.15, 0.2) is 0 Å². The van der Waals surface area contributed by atoms with E-state index in [2.05, 4.69) is 4.18 Å². The summed E-state index contributed by atoms with van der Waals surface area (Å²) in [4.78, 5) is 10.9. The summed E-state index contributed by atoms with van der Waals surface area (Å²) >= 11 is 0. The van der Waals surface area contributed by atoms with E-state index in [1.807, 2.05) is 0 Å². The molecule has 0 radical (unpaired) electrons. The molecular weight excluding hydrogens is 222 g/mol. The zero-order valence-electron chi connectivity index (χ0n) is 9.14. The van der Waals surface area contributed by atoms with Gasteiger partial charge in [-0.25, -0.2) is 4.79 Å². The van der Waals surface area contributed by atoms with E-state index in [0.717, 1.165) is 0 Å². The van der Waals surface area contributed by atoms with Gasteiger partial charge < -0.3 is 5.11 Å². The molecule has 6 nitrogen and oxygen atoms in total. The minimum Gasteiger partial charge on any atom is -0.464 e. The topological polar surface area (TPSA) is 83.9 Å². The van der Waals surface area contributed by atoms with Crippen LogP contribution >= 0.6 is 0 Å². The van der Waals surface area contributed by atoms with Crippen molar-refractivity contribution in [1.29, 1.82) is 0 Å². The first-order valence-corrected chi connectivity index (χ1v) is 5.81. The summed E-state index contributed by atoms with van der Waals surface area (Å²) in [6, 6.07) is 0. The van der Waals surface area contributed by atoms with Crippen LogP contribution in [0.1, 0.15) is 27.7 Å². The fourth-order valence-corrected chi connectivity index (χ4v) is 2.87. The first-order chi connectivity index (χ1) is 6.52. The van der Waals surface area contributed by atoms with Crippen LogP contribution in [0.2, 0.25) is 0 Å². The first-order valence-electron chi connectivity index (χ1n) is 4.45. The second-order valence-electron chi connectivity index (χ2n) is 4.79. The van der Waals surface area contributed by atoms with E-state index < -0.39 is 27.4 Å². The highest BCUT2D eigenvalue weighted by Crippen LogP contribution is 2.42. The van der Waals surface area contributed by atoms with Crippen molar-refractivity contribution < 1.29 is 22.5 Å². The van der Waals surface area contributed by atoms with Gasteiger partial charge in [-0.05, 0) is 12.3 Å². The lowest BCUT2D eigenvalue weighted by Gasteiger charge is -2.40. The zero-order valence-corrected chi connectivity index (χ0v) is 9.96. The minimum absolute atomic E-state index is 0.148. The predicted octanol–water partition coefficient (Wildman–Crippen LogP) is 1.05. The lowest BCUT2D eigenvalue weighted by Crippen LogP contribution is -2.55. The van der Waals surface area contributed by atoms with Gasteiger partial charge in [0, 0.05) is 0 Å². The maximum absolute atomic E-state index is 11.4. The Morgan fingerprint density at radius 3 is 2.20 bits per heavy atom. The summed E-state index contributed by atoms with van der Waals surface area (Å²) in [6.45, 7) is 6.73. The summed E-state index contributed by atoms with van der Waals surface area (Å²) in [5.74, 6) is 0. The Kier molecular flexibility index (Phi) is 2.52. The summed E-state index contributed by atoms with van der Waals surface area (Å²) in [5.41, 5.74) is -1.60. The SMILES string of the molecule is CC(C)(C)[C@@]1(C)COS(=O)(=O)N1C(=O)O. The van der Waals surface area contributed by atoms with Crippen LogP contribution in [0.4, 0.5) is 4.79 Å². The van der Waals surface area contributed by atoms with Crippen LogP contribution in [0.3, 0.4) is 0 Å². The molecule has 0 bridgehead atoms. The van der Waals surface area contributed by atoms with Gasteiger partial charge in [0.2, 0.25) is 0 Å². The fourth-order valence-electron chi connectivity index (χ4n) is 1.38. The maximum atomic E-state index is 11.4. The molecule has 15 heavy (non-hydrogen) atoms. The van der Waals surface area contributed by atoms with Crippen molar-refractivity contribution in [1.82, 2.24) is 4.31 Å². The first kappa shape index (κ1) is 12.3. The molecule has 1 N–H and O–H groups in total. The molecule has 1 aliphatic heterocycles. The van der Waals surface area contributed by atoms with E-state index in [0.29, 0.717) is 4.31 Å². The predicted molar refractivity (Wildman–Crippen MR) is 52.6 cm³/mol. The van der Waals surface area contributed by atoms with Gasteiger partial charge in [0.05, 0.1) is 12.1 Å². The number of carbonyl (C=O) groups is 1. The van der Waals surface area contributed by atoms with Gasteiger partial charge in [-0.2, -0.15) is 12.7 Å². The molecule has 1 amide bonds. The smallest absolute Gasteiger partial charge is 0.423 e. The Morgan fingerprint density at radius 1 is 1.47 bits per heavy atom. The lowest BCUT2D eigenvalue weighted by atomic mass is 9.75. The van der Waals surface area contributed by atoms with Crippen molar-refractivity contribution in [2.24, 2.45) is 5.41 Å². The third kappa shape index (κ3) is 1.69. The molecular formula is C8H15NO5S. The van der Waals surface area contributed by atoms with E-state index in [1.54, 1.807) is 27.7 Å². The number of rotatable bonds is 0. The molecule has 0 aromatic carbocycles. The molecule has 1 heterocycles. The van der Waals surface area contributed by atoms with Crippen LogP contribution in [-0.2, 0) is 14.5 Å². The molecule has 0 saturated carbocycles. The third-order valence-electron chi connectivity index (χ3n) is 2.95. The average molecular weight is 237 g/mol. The Bertz CT molecular complexity index is 382. The number of hydrogen-bond donors (Lipinski definition) is 1. The van der Waals surface area contributed by atoms with Gasteiger partial charge in [0.25, 0.3) is 0 Å². The third-order valence-corrected chi connectivity index (χ3v) is 4.37. The Labute approximate surface area is 89.1 Å². The number of hydrogen-bond acceptors (Lipinski definition) is 4. The van der Waals surface area contributed by atoms with Crippen molar-refractivity contribution in [3.8, 4) is 0 Å². The van der Waals surface area contributed by atoms with E-state index in [4.69, 9.17) is 5.11 Å². The molecule has 0 unspecified atom stereocenters. The highest BCUT2D eigenvalue weighted by molar-refractivity contribution is 7.85.